The Labute approximate surface area is 327 Å². The Morgan fingerprint density at radius 3 is 1.39 bits per heavy atom. The number of amidine groups is 1. The number of aromatic nitrogens is 3. The van der Waals surface area contributed by atoms with Crippen molar-refractivity contribution in [2.45, 2.75) is 11.8 Å². The van der Waals surface area contributed by atoms with E-state index in [0.29, 0.717) is 29.7 Å². The van der Waals surface area contributed by atoms with Gasteiger partial charge < -0.3 is 0 Å². The zero-order chi connectivity index (χ0) is 37.7. The lowest BCUT2D eigenvalue weighted by molar-refractivity contribution is 0.719. The van der Waals surface area contributed by atoms with Crippen LogP contribution in [0.15, 0.2) is 216 Å². The van der Waals surface area contributed by atoms with Crippen molar-refractivity contribution in [1.82, 2.24) is 15.0 Å². The minimum Gasteiger partial charge on any atom is -0.245 e. The second-order valence-corrected chi connectivity index (χ2v) is 13.7. The van der Waals surface area contributed by atoms with Gasteiger partial charge in [0.05, 0.1) is 11.1 Å². The summed E-state index contributed by atoms with van der Waals surface area (Å²) in [4.78, 5) is 24.7. The molecule has 9 rings (SSSR count). The van der Waals surface area contributed by atoms with Crippen LogP contribution in [0.2, 0.25) is 0 Å². The molecule has 7 aromatic carbocycles. The van der Waals surface area contributed by atoms with Crippen molar-refractivity contribution in [2.75, 3.05) is 0 Å². The van der Waals surface area contributed by atoms with Crippen LogP contribution in [0.1, 0.15) is 33.4 Å². The summed E-state index contributed by atoms with van der Waals surface area (Å²) in [6.45, 7) is 4.03. The van der Waals surface area contributed by atoms with Gasteiger partial charge in [-0.2, -0.15) is 0 Å². The summed E-state index contributed by atoms with van der Waals surface area (Å²) in [6, 6.07) is 69.0. The zero-order valence-corrected chi connectivity index (χ0v) is 30.7. The molecule has 1 aliphatic rings. The van der Waals surface area contributed by atoms with Crippen LogP contribution in [0.5, 0.6) is 0 Å². The molecular formula is C51H37N5. The van der Waals surface area contributed by atoms with Gasteiger partial charge in [-0.3, -0.25) is 0 Å². The third kappa shape index (κ3) is 6.35. The van der Waals surface area contributed by atoms with Gasteiger partial charge in [0.25, 0.3) is 0 Å². The normalized spacial score (nSPS) is 13.3. The molecule has 0 amide bonds. The van der Waals surface area contributed by atoms with Crippen molar-refractivity contribution in [2.24, 2.45) is 9.98 Å². The van der Waals surface area contributed by atoms with Crippen molar-refractivity contribution in [3.05, 3.63) is 239 Å². The van der Waals surface area contributed by atoms with Gasteiger partial charge in [-0.05, 0) is 41.0 Å². The summed E-state index contributed by atoms with van der Waals surface area (Å²) in [5.74, 6) is 2.36. The van der Waals surface area contributed by atoms with E-state index in [1.54, 1.807) is 0 Å². The average Bonchev–Trinajstić information content (AvgIpc) is 3.55. The van der Waals surface area contributed by atoms with Gasteiger partial charge in [-0.1, -0.05) is 200 Å². The molecule has 266 valence electrons. The van der Waals surface area contributed by atoms with Crippen molar-refractivity contribution in [1.29, 1.82) is 0 Å². The Morgan fingerprint density at radius 2 is 0.893 bits per heavy atom. The summed E-state index contributed by atoms with van der Waals surface area (Å²) in [5, 5.41) is 0. The minimum absolute atomic E-state index is 0.537. The Kier molecular flexibility index (Phi) is 9.32. The minimum atomic E-state index is -0.588. The standard InChI is InChI=1S/C51H37N5/c1-52-47(39-31-33-40(34-32-39)50-55-48(37-21-9-3-10-22-37)54-49(56-50)38-23-11-4-12-24-38)53-46-43-29-17-18-30-44(43)51(41-25-13-5-14-26-41,42-27-15-6-16-28-42)45(46)35-36-19-7-2-8-20-36/h2-34H,1,35H2/b53-47-. The highest BCUT2D eigenvalue weighted by Crippen LogP contribution is 2.55. The van der Waals surface area contributed by atoms with E-state index < -0.39 is 5.41 Å². The fraction of sp³-hybridized carbons (Fsp3) is 0.0392. The molecule has 5 heteroatoms. The molecule has 0 fully saturated rings. The Balaban J connectivity index is 1.20. The maximum Gasteiger partial charge on any atom is 0.164 e. The number of nitrogens with zero attached hydrogens (tertiary/aromatic N) is 5. The molecule has 1 aromatic heterocycles. The fourth-order valence-corrected chi connectivity index (χ4v) is 7.87. The molecule has 0 saturated carbocycles. The molecular weight excluding hydrogens is 683 g/mol. The molecule has 0 bridgehead atoms. The first-order valence-corrected chi connectivity index (χ1v) is 18.7. The van der Waals surface area contributed by atoms with E-state index in [9.17, 15) is 0 Å². The quantitative estimate of drug-likeness (QED) is 0.110. The maximum atomic E-state index is 5.47. The smallest absolute Gasteiger partial charge is 0.164 e. The first-order valence-electron chi connectivity index (χ1n) is 18.7. The second-order valence-electron chi connectivity index (χ2n) is 13.7. The topological polar surface area (TPSA) is 63.4 Å². The monoisotopic (exact) mass is 719 g/mol. The molecule has 0 aliphatic heterocycles. The summed E-state index contributed by atoms with van der Waals surface area (Å²) in [6.07, 6.45) is 0.689. The predicted octanol–water partition coefficient (Wildman–Crippen LogP) is 11.3. The lowest BCUT2D eigenvalue weighted by atomic mass is 9.66. The molecule has 0 saturated heterocycles. The number of fused-ring (bicyclic) bond motifs is 1. The van der Waals surface area contributed by atoms with E-state index in [1.807, 2.05) is 84.9 Å². The third-order valence-corrected chi connectivity index (χ3v) is 10.4. The van der Waals surface area contributed by atoms with Crippen LogP contribution in [0.4, 0.5) is 0 Å². The molecule has 0 N–H and O–H groups in total. The van der Waals surface area contributed by atoms with Gasteiger partial charge in [-0.25, -0.2) is 24.9 Å². The van der Waals surface area contributed by atoms with E-state index in [-0.39, 0.29) is 0 Å². The van der Waals surface area contributed by atoms with Crippen LogP contribution < -0.4 is 0 Å². The zero-order valence-electron chi connectivity index (χ0n) is 30.7. The number of hydrogen-bond donors (Lipinski definition) is 0. The average molecular weight is 720 g/mol. The Bertz CT molecular complexity index is 2590. The molecule has 1 aliphatic carbocycles. The maximum absolute atomic E-state index is 5.47. The SMILES string of the molecule is C=N/C(=N\C1=C(Cc2ccccc2)C(c2ccccc2)(c2ccccc2)c2ccccc21)c1ccc(-c2nc(-c3ccccc3)nc(-c3ccccc3)n2)cc1. The van der Waals surface area contributed by atoms with E-state index in [2.05, 4.69) is 127 Å². The van der Waals surface area contributed by atoms with Crippen LogP contribution in [0.25, 0.3) is 39.9 Å². The number of allylic oxidation sites excluding steroid dienone is 1. The highest BCUT2D eigenvalue weighted by molar-refractivity contribution is 6.05. The van der Waals surface area contributed by atoms with Gasteiger partial charge in [0.1, 0.15) is 0 Å². The van der Waals surface area contributed by atoms with Crippen molar-refractivity contribution in [3.8, 4) is 34.2 Å². The van der Waals surface area contributed by atoms with Gasteiger partial charge in [0.15, 0.2) is 23.3 Å². The number of aliphatic imine (C=N–C) groups is 2. The largest absolute Gasteiger partial charge is 0.245 e. The van der Waals surface area contributed by atoms with Crippen molar-refractivity contribution < 1.29 is 0 Å². The second kappa shape index (κ2) is 15.2. The fourth-order valence-electron chi connectivity index (χ4n) is 7.87. The van der Waals surface area contributed by atoms with Crippen molar-refractivity contribution >= 4 is 18.3 Å². The summed E-state index contributed by atoms with van der Waals surface area (Å²) < 4.78 is 0. The molecule has 0 spiro atoms. The first-order chi connectivity index (χ1) is 27.7. The van der Waals surface area contributed by atoms with E-state index in [0.717, 1.165) is 33.5 Å². The molecule has 8 aromatic rings. The molecule has 0 radical (unpaired) electrons. The van der Waals surface area contributed by atoms with Gasteiger partial charge >= 0.3 is 0 Å². The van der Waals surface area contributed by atoms with Crippen LogP contribution in [0, 0.1) is 0 Å². The number of hydrogen-bond acceptors (Lipinski definition) is 4. The summed E-state index contributed by atoms with van der Waals surface area (Å²) in [7, 11) is 0. The van der Waals surface area contributed by atoms with Crippen LogP contribution in [-0.4, -0.2) is 27.5 Å². The van der Waals surface area contributed by atoms with E-state index in [4.69, 9.17) is 19.9 Å². The Morgan fingerprint density at radius 1 is 0.464 bits per heavy atom. The molecule has 5 nitrogen and oxygen atoms in total. The number of rotatable bonds is 9. The molecule has 0 atom stereocenters. The van der Waals surface area contributed by atoms with Crippen LogP contribution in [0.3, 0.4) is 0 Å². The highest BCUT2D eigenvalue weighted by Gasteiger charge is 2.47. The number of benzene rings is 7. The third-order valence-electron chi connectivity index (χ3n) is 10.4. The van der Waals surface area contributed by atoms with E-state index in [1.165, 1.54) is 27.8 Å². The summed E-state index contributed by atoms with van der Waals surface area (Å²) >= 11 is 0. The highest BCUT2D eigenvalue weighted by atomic mass is 15.0. The molecule has 0 unspecified atom stereocenters. The van der Waals surface area contributed by atoms with Gasteiger partial charge in [0.2, 0.25) is 0 Å². The predicted molar refractivity (Wildman–Crippen MR) is 228 cm³/mol. The van der Waals surface area contributed by atoms with E-state index >= 15 is 0 Å². The van der Waals surface area contributed by atoms with Gasteiger partial charge in [-0.15, -0.1) is 0 Å². The van der Waals surface area contributed by atoms with Crippen LogP contribution >= 0.6 is 0 Å². The first kappa shape index (κ1) is 34.4. The lowest BCUT2D eigenvalue weighted by Gasteiger charge is -2.35. The van der Waals surface area contributed by atoms with Crippen molar-refractivity contribution in [3.63, 3.8) is 0 Å². The molecule has 56 heavy (non-hydrogen) atoms. The lowest BCUT2D eigenvalue weighted by Crippen LogP contribution is -2.31. The van der Waals surface area contributed by atoms with Gasteiger partial charge in [0, 0.05) is 27.8 Å². The van der Waals surface area contributed by atoms with Crippen LogP contribution in [-0.2, 0) is 11.8 Å². The Hall–Kier alpha value is -7.37. The molecule has 1 heterocycles. The summed E-state index contributed by atoms with van der Waals surface area (Å²) in [5.41, 5.74) is 10.9.